The lowest BCUT2D eigenvalue weighted by Gasteiger charge is -2.12. The van der Waals surface area contributed by atoms with E-state index in [1.807, 2.05) is 24.3 Å². The molecule has 6 heteroatoms. The predicted octanol–water partition coefficient (Wildman–Crippen LogP) is 3.32. The lowest BCUT2D eigenvalue weighted by atomic mass is 10.1. The predicted molar refractivity (Wildman–Crippen MR) is 125 cm³/mol. The number of guanidine groups is 1. The maximum absolute atomic E-state index is 5.79. The van der Waals surface area contributed by atoms with Crippen LogP contribution >= 0.6 is 0 Å². The summed E-state index contributed by atoms with van der Waals surface area (Å²) in [4.78, 5) is 6.86. The van der Waals surface area contributed by atoms with Crippen LogP contribution in [0.5, 0.6) is 11.5 Å². The van der Waals surface area contributed by atoms with Crippen molar-refractivity contribution in [2.24, 2.45) is 4.99 Å². The first-order chi connectivity index (χ1) is 14.6. The average molecular weight is 413 g/mol. The van der Waals surface area contributed by atoms with Crippen LogP contribution in [-0.2, 0) is 13.0 Å². The van der Waals surface area contributed by atoms with Gasteiger partial charge in [-0.2, -0.15) is 0 Å². The lowest BCUT2D eigenvalue weighted by Crippen LogP contribution is -2.38. The van der Waals surface area contributed by atoms with Gasteiger partial charge in [0.2, 0.25) is 0 Å². The van der Waals surface area contributed by atoms with Gasteiger partial charge in [0.25, 0.3) is 0 Å². The summed E-state index contributed by atoms with van der Waals surface area (Å²) in [6.45, 7) is 6.11. The number of ether oxygens (including phenoxy) is 2. The molecular weight excluding hydrogens is 376 g/mol. The molecule has 0 aliphatic carbocycles. The van der Waals surface area contributed by atoms with Crippen LogP contribution in [0.4, 0.5) is 0 Å². The van der Waals surface area contributed by atoms with Crippen molar-refractivity contribution in [1.82, 2.24) is 15.5 Å². The molecule has 0 saturated heterocycles. The van der Waals surface area contributed by atoms with Crippen LogP contribution in [-0.4, -0.2) is 58.3 Å². The Kier molecular flexibility index (Phi) is 10.6. The Morgan fingerprint density at radius 1 is 0.933 bits per heavy atom. The van der Waals surface area contributed by atoms with Crippen molar-refractivity contribution in [3.63, 3.8) is 0 Å². The van der Waals surface area contributed by atoms with E-state index >= 15 is 0 Å². The summed E-state index contributed by atoms with van der Waals surface area (Å²) in [6, 6.07) is 16.4. The van der Waals surface area contributed by atoms with Gasteiger partial charge >= 0.3 is 0 Å². The fraction of sp³-hybridized carbons (Fsp3) is 0.458. The zero-order chi connectivity index (χ0) is 21.6. The molecule has 0 radical (unpaired) electrons. The molecule has 6 nitrogen and oxygen atoms in total. The van der Waals surface area contributed by atoms with Gasteiger partial charge in [-0.15, -0.1) is 0 Å². The van der Waals surface area contributed by atoms with Gasteiger partial charge in [0.05, 0.1) is 20.3 Å². The van der Waals surface area contributed by atoms with E-state index in [-0.39, 0.29) is 0 Å². The molecule has 0 spiro atoms. The molecule has 2 aromatic rings. The van der Waals surface area contributed by atoms with Crippen LogP contribution in [0, 0.1) is 0 Å². The molecule has 0 aromatic heterocycles. The smallest absolute Gasteiger partial charge is 0.191 e. The molecule has 0 fully saturated rings. The Bertz CT molecular complexity index is 743. The Morgan fingerprint density at radius 2 is 1.60 bits per heavy atom. The van der Waals surface area contributed by atoms with E-state index in [9.17, 15) is 0 Å². The van der Waals surface area contributed by atoms with Crippen LogP contribution in [0.2, 0.25) is 0 Å². The minimum absolute atomic E-state index is 0.624. The van der Waals surface area contributed by atoms with Crippen molar-refractivity contribution < 1.29 is 9.47 Å². The molecule has 0 aliphatic rings. The molecule has 0 amide bonds. The number of hydrogen-bond donors (Lipinski definition) is 2. The summed E-state index contributed by atoms with van der Waals surface area (Å²) in [5, 5.41) is 6.70. The van der Waals surface area contributed by atoms with Crippen molar-refractivity contribution in [3.8, 4) is 11.5 Å². The molecule has 2 rings (SSSR count). The molecule has 0 unspecified atom stereocenters. The van der Waals surface area contributed by atoms with Gasteiger partial charge in [0.15, 0.2) is 5.96 Å². The van der Waals surface area contributed by atoms with Crippen molar-refractivity contribution >= 4 is 5.96 Å². The van der Waals surface area contributed by atoms with Crippen molar-refractivity contribution in [2.75, 3.05) is 47.4 Å². The zero-order valence-electron chi connectivity index (χ0n) is 18.8. The molecule has 0 bridgehead atoms. The highest BCUT2D eigenvalue weighted by Gasteiger charge is 2.00. The first-order valence-electron chi connectivity index (χ1n) is 10.6. The van der Waals surface area contributed by atoms with Gasteiger partial charge in [-0.1, -0.05) is 24.3 Å². The Balaban J connectivity index is 1.78. The summed E-state index contributed by atoms with van der Waals surface area (Å²) in [5.41, 5.74) is 2.42. The van der Waals surface area contributed by atoms with Gasteiger partial charge in [0.1, 0.15) is 11.5 Å². The molecular formula is C24H36N4O2. The molecule has 0 atom stereocenters. The third kappa shape index (κ3) is 9.18. The number of aliphatic imine (C=N–C) groups is 1. The van der Waals surface area contributed by atoms with Crippen LogP contribution in [0.25, 0.3) is 0 Å². The summed E-state index contributed by atoms with van der Waals surface area (Å²) in [6.07, 6.45) is 1.95. The number of rotatable bonds is 12. The van der Waals surface area contributed by atoms with Crippen LogP contribution in [0.15, 0.2) is 53.5 Å². The first-order valence-corrected chi connectivity index (χ1v) is 10.6. The van der Waals surface area contributed by atoms with Gasteiger partial charge in [-0.05, 0) is 69.3 Å². The van der Waals surface area contributed by atoms with E-state index in [0.29, 0.717) is 6.54 Å². The second kappa shape index (κ2) is 13.5. The van der Waals surface area contributed by atoms with E-state index < -0.39 is 0 Å². The van der Waals surface area contributed by atoms with Crippen molar-refractivity contribution in [1.29, 1.82) is 0 Å². The third-order valence-electron chi connectivity index (χ3n) is 4.57. The van der Waals surface area contributed by atoms with Crippen LogP contribution in [0.3, 0.4) is 0 Å². The minimum Gasteiger partial charge on any atom is -0.497 e. The summed E-state index contributed by atoms with van der Waals surface area (Å²) in [7, 11) is 5.83. The normalized spacial score (nSPS) is 11.4. The highest BCUT2D eigenvalue weighted by molar-refractivity contribution is 5.79. The molecule has 164 valence electrons. The standard InChI is InChI=1S/C24H36N4O2/c1-5-25-24(26-16-15-20-7-11-22(29-4)12-8-20)27-19-21-9-13-23(14-10-21)30-18-6-17-28(2)3/h7-14H,5-6,15-19H2,1-4H3,(H2,25,26,27). The molecule has 0 aliphatic heterocycles. The van der Waals surface area contributed by atoms with Crippen molar-refractivity contribution in [2.45, 2.75) is 26.3 Å². The second-order valence-corrected chi connectivity index (χ2v) is 7.37. The minimum atomic E-state index is 0.624. The third-order valence-corrected chi connectivity index (χ3v) is 4.57. The topological polar surface area (TPSA) is 58.1 Å². The second-order valence-electron chi connectivity index (χ2n) is 7.37. The van der Waals surface area contributed by atoms with Gasteiger partial charge in [0, 0.05) is 19.6 Å². The van der Waals surface area contributed by atoms with Crippen LogP contribution in [0.1, 0.15) is 24.5 Å². The summed E-state index contributed by atoms with van der Waals surface area (Å²) < 4.78 is 11.0. The van der Waals surface area contributed by atoms with Gasteiger partial charge in [-0.3, -0.25) is 0 Å². The monoisotopic (exact) mass is 412 g/mol. The molecule has 0 saturated carbocycles. The number of hydrogen-bond acceptors (Lipinski definition) is 4. The Hall–Kier alpha value is -2.73. The zero-order valence-corrected chi connectivity index (χ0v) is 18.8. The molecule has 2 aromatic carbocycles. The lowest BCUT2D eigenvalue weighted by molar-refractivity contribution is 0.281. The highest BCUT2D eigenvalue weighted by Crippen LogP contribution is 2.13. The average Bonchev–Trinajstić information content (AvgIpc) is 2.76. The van der Waals surface area contributed by atoms with Gasteiger partial charge in [-0.25, -0.2) is 4.99 Å². The maximum atomic E-state index is 5.79. The van der Waals surface area contributed by atoms with E-state index in [0.717, 1.165) is 62.1 Å². The largest absolute Gasteiger partial charge is 0.497 e. The highest BCUT2D eigenvalue weighted by atomic mass is 16.5. The fourth-order valence-electron chi connectivity index (χ4n) is 2.89. The number of methoxy groups -OCH3 is 1. The molecule has 2 N–H and O–H groups in total. The fourth-order valence-corrected chi connectivity index (χ4v) is 2.89. The number of benzene rings is 2. The summed E-state index contributed by atoms with van der Waals surface area (Å²) in [5.74, 6) is 2.62. The van der Waals surface area contributed by atoms with E-state index in [2.05, 4.69) is 60.8 Å². The van der Waals surface area contributed by atoms with E-state index in [1.54, 1.807) is 7.11 Å². The Morgan fingerprint density at radius 3 is 2.23 bits per heavy atom. The number of nitrogens with zero attached hydrogens (tertiary/aromatic N) is 2. The first kappa shape index (κ1) is 23.5. The van der Waals surface area contributed by atoms with E-state index in [1.165, 1.54) is 5.56 Å². The molecule has 0 heterocycles. The van der Waals surface area contributed by atoms with E-state index in [4.69, 9.17) is 14.5 Å². The summed E-state index contributed by atoms with van der Waals surface area (Å²) >= 11 is 0. The SMILES string of the molecule is CCNC(=NCc1ccc(OCCCN(C)C)cc1)NCCc1ccc(OC)cc1. The van der Waals surface area contributed by atoms with Gasteiger partial charge < -0.3 is 25.0 Å². The number of nitrogens with one attached hydrogen (secondary N) is 2. The Labute approximate surface area is 181 Å². The van der Waals surface area contributed by atoms with Crippen LogP contribution < -0.4 is 20.1 Å². The maximum Gasteiger partial charge on any atom is 0.191 e. The quantitative estimate of drug-likeness (QED) is 0.318. The molecule has 30 heavy (non-hydrogen) atoms. The van der Waals surface area contributed by atoms with Crippen molar-refractivity contribution in [3.05, 3.63) is 59.7 Å².